The number of ketones is 1. The number of rotatable bonds is 3. The summed E-state index contributed by atoms with van der Waals surface area (Å²) in [6.07, 6.45) is 1.39. The van der Waals surface area contributed by atoms with Gasteiger partial charge in [-0.3, -0.25) is 9.59 Å². The van der Waals surface area contributed by atoms with Crippen molar-refractivity contribution in [3.05, 3.63) is 35.4 Å². The van der Waals surface area contributed by atoms with Gasteiger partial charge in [-0.15, -0.1) is 0 Å². The second-order valence-corrected chi connectivity index (χ2v) is 4.02. The highest BCUT2D eigenvalue weighted by Gasteiger charge is 2.51. The van der Waals surface area contributed by atoms with Gasteiger partial charge in [-0.1, -0.05) is 24.3 Å². The standard InChI is InChI=1S/C12H12O3/c1-8(13)9-2-4-10(5-3-9)12(6-7-12)11(14)15/h2-5H,6-7H2,1H3,(H,14,15). The first-order valence-corrected chi connectivity index (χ1v) is 4.91. The van der Waals surface area contributed by atoms with Gasteiger partial charge >= 0.3 is 5.97 Å². The average Bonchev–Trinajstić information content (AvgIpc) is 2.98. The Kier molecular flexibility index (Phi) is 2.11. The van der Waals surface area contributed by atoms with Gasteiger partial charge in [0.05, 0.1) is 5.41 Å². The van der Waals surface area contributed by atoms with Gasteiger partial charge in [0.25, 0.3) is 0 Å². The van der Waals surface area contributed by atoms with Crippen molar-refractivity contribution in [3.8, 4) is 0 Å². The highest BCUT2D eigenvalue weighted by atomic mass is 16.4. The average molecular weight is 204 g/mol. The quantitative estimate of drug-likeness (QED) is 0.766. The third kappa shape index (κ3) is 1.54. The van der Waals surface area contributed by atoms with Crippen LogP contribution in [0, 0.1) is 0 Å². The minimum Gasteiger partial charge on any atom is -0.481 e. The fourth-order valence-corrected chi connectivity index (χ4v) is 1.77. The molecule has 1 aliphatic rings. The van der Waals surface area contributed by atoms with Crippen LogP contribution in [-0.2, 0) is 10.2 Å². The summed E-state index contributed by atoms with van der Waals surface area (Å²) in [5, 5.41) is 9.07. The molecule has 0 amide bonds. The highest BCUT2D eigenvalue weighted by Crippen LogP contribution is 2.48. The monoisotopic (exact) mass is 204 g/mol. The molecule has 0 unspecified atom stereocenters. The number of carbonyl (C=O) groups excluding carboxylic acids is 1. The van der Waals surface area contributed by atoms with E-state index in [4.69, 9.17) is 5.11 Å². The van der Waals surface area contributed by atoms with E-state index in [0.717, 1.165) is 5.56 Å². The molecule has 0 heterocycles. The van der Waals surface area contributed by atoms with Gasteiger partial charge in [-0.25, -0.2) is 0 Å². The van der Waals surface area contributed by atoms with Crippen LogP contribution >= 0.6 is 0 Å². The predicted molar refractivity (Wildman–Crippen MR) is 55.0 cm³/mol. The van der Waals surface area contributed by atoms with Crippen LogP contribution in [0.25, 0.3) is 0 Å². The van der Waals surface area contributed by atoms with Gasteiger partial charge in [0.1, 0.15) is 0 Å². The van der Waals surface area contributed by atoms with Gasteiger partial charge < -0.3 is 5.11 Å². The largest absolute Gasteiger partial charge is 0.481 e. The van der Waals surface area contributed by atoms with Crippen molar-refractivity contribution >= 4 is 11.8 Å². The van der Waals surface area contributed by atoms with Gasteiger partial charge in [-0.05, 0) is 25.3 Å². The number of carbonyl (C=O) groups is 2. The molecule has 78 valence electrons. The van der Waals surface area contributed by atoms with Crippen LogP contribution in [0.3, 0.4) is 0 Å². The third-order valence-electron chi connectivity index (χ3n) is 3.00. The topological polar surface area (TPSA) is 54.4 Å². The maximum Gasteiger partial charge on any atom is 0.314 e. The Morgan fingerprint density at radius 3 is 2.07 bits per heavy atom. The summed E-state index contributed by atoms with van der Waals surface area (Å²) in [7, 11) is 0. The normalized spacial score (nSPS) is 17.1. The molecule has 1 N–H and O–H groups in total. The van der Waals surface area contributed by atoms with Crippen LogP contribution in [0.2, 0.25) is 0 Å². The minimum atomic E-state index is -0.766. The van der Waals surface area contributed by atoms with Gasteiger partial charge in [0.15, 0.2) is 5.78 Å². The Morgan fingerprint density at radius 1 is 1.20 bits per heavy atom. The number of Topliss-reactive ketones (excluding diaryl/α,β-unsaturated/α-hetero) is 1. The van der Waals surface area contributed by atoms with E-state index in [1.54, 1.807) is 24.3 Å². The molecule has 0 aliphatic heterocycles. The lowest BCUT2D eigenvalue weighted by atomic mass is 9.95. The van der Waals surface area contributed by atoms with E-state index in [9.17, 15) is 9.59 Å². The molecule has 0 aromatic heterocycles. The molecule has 0 saturated heterocycles. The summed E-state index contributed by atoms with van der Waals surface area (Å²) in [5.74, 6) is -0.764. The molecule has 1 aliphatic carbocycles. The van der Waals surface area contributed by atoms with Crippen molar-refractivity contribution in [2.45, 2.75) is 25.2 Å². The van der Waals surface area contributed by atoms with Crippen molar-refractivity contribution < 1.29 is 14.7 Å². The number of carboxylic acids is 1. The maximum atomic E-state index is 11.0. The first-order chi connectivity index (χ1) is 7.06. The summed E-state index contributed by atoms with van der Waals surface area (Å²) in [5.41, 5.74) is 0.759. The number of hydrogen-bond donors (Lipinski definition) is 1. The zero-order valence-electron chi connectivity index (χ0n) is 8.49. The van der Waals surface area contributed by atoms with E-state index in [1.165, 1.54) is 6.92 Å². The van der Waals surface area contributed by atoms with E-state index in [-0.39, 0.29) is 5.78 Å². The lowest BCUT2D eigenvalue weighted by Crippen LogP contribution is -2.19. The van der Waals surface area contributed by atoms with Crippen LogP contribution < -0.4 is 0 Å². The molecule has 15 heavy (non-hydrogen) atoms. The molecule has 1 saturated carbocycles. The van der Waals surface area contributed by atoms with Crippen molar-refractivity contribution in [1.82, 2.24) is 0 Å². The van der Waals surface area contributed by atoms with E-state index >= 15 is 0 Å². The molecule has 1 fully saturated rings. The summed E-state index contributed by atoms with van der Waals surface area (Å²) >= 11 is 0. The molecule has 0 spiro atoms. The zero-order chi connectivity index (χ0) is 11.1. The molecule has 0 atom stereocenters. The van der Waals surface area contributed by atoms with Crippen LogP contribution in [0.5, 0.6) is 0 Å². The Balaban J connectivity index is 2.32. The number of carboxylic acid groups (broad SMARTS) is 1. The molecule has 1 aromatic carbocycles. The Bertz CT molecular complexity index is 413. The van der Waals surface area contributed by atoms with E-state index in [1.807, 2.05) is 0 Å². The fraction of sp³-hybridized carbons (Fsp3) is 0.333. The van der Waals surface area contributed by atoms with E-state index < -0.39 is 11.4 Å². The highest BCUT2D eigenvalue weighted by molar-refractivity contribution is 5.94. The Morgan fingerprint density at radius 2 is 1.73 bits per heavy atom. The molecule has 3 heteroatoms. The maximum absolute atomic E-state index is 11.0. The van der Waals surface area contributed by atoms with Crippen molar-refractivity contribution in [3.63, 3.8) is 0 Å². The molecule has 2 rings (SSSR count). The molecule has 0 radical (unpaired) electrons. The first kappa shape index (κ1) is 9.90. The van der Waals surface area contributed by atoms with Crippen molar-refractivity contribution in [1.29, 1.82) is 0 Å². The van der Waals surface area contributed by atoms with Crippen LogP contribution in [0.1, 0.15) is 35.7 Å². The Labute approximate surface area is 87.7 Å². The summed E-state index contributed by atoms with van der Waals surface area (Å²) < 4.78 is 0. The third-order valence-corrected chi connectivity index (χ3v) is 3.00. The smallest absolute Gasteiger partial charge is 0.314 e. The van der Waals surface area contributed by atoms with Gasteiger partial charge in [-0.2, -0.15) is 0 Å². The number of aliphatic carboxylic acids is 1. The lowest BCUT2D eigenvalue weighted by molar-refractivity contribution is -0.140. The molecule has 1 aromatic rings. The molecule has 3 nitrogen and oxygen atoms in total. The van der Waals surface area contributed by atoms with Crippen LogP contribution in [0.4, 0.5) is 0 Å². The summed E-state index contributed by atoms with van der Waals surface area (Å²) in [4.78, 5) is 22.1. The van der Waals surface area contributed by atoms with Crippen molar-refractivity contribution in [2.24, 2.45) is 0 Å². The Hall–Kier alpha value is -1.64. The van der Waals surface area contributed by atoms with E-state index in [2.05, 4.69) is 0 Å². The number of hydrogen-bond acceptors (Lipinski definition) is 2. The summed E-state index contributed by atoms with van der Waals surface area (Å²) in [6, 6.07) is 6.89. The zero-order valence-corrected chi connectivity index (χ0v) is 8.49. The lowest BCUT2D eigenvalue weighted by Gasteiger charge is -2.09. The SMILES string of the molecule is CC(=O)c1ccc(C2(C(=O)O)CC2)cc1. The van der Waals surface area contributed by atoms with Crippen LogP contribution in [0.15, 0.2) is 24.3 Å². The van der Waals surface area contributed by atoms with E-state index in [0.29, 0.717) is 18.4 Å². The number of benzene rings is 1. The fourth-order valence-electron chi connectivity index (χ4n) is 1.77. The molecule has 0 bridgehead atoms. The van der Waals surface area contributed by atoms with Gasteiger partial charge in [0.2, 0.25) is 0 Å². The second kappa shape index (κ2) is 3.19. The first-order valence-electron chi connectivity index (χ1n) is 4.91. The van der Waals surface area contributed by atoms with Crippen LogP contribution in [-0.4, -0.2) is 16.9 Å². The van der Waals surface area contributed by atoms with Gasteiger partial charge in [0, 0.05) is 5.56 Å². The molecular weight excluding hydrogens is 192 g/mol. The van der Waals surface area contributed by atoms with Crippen molar-refractivity contribution in [2.75, 3.05) is 0 Å². The molecular formula is C12H12O3. The minimum absolute atomic E-state index is 0.00159. The predicted octanol–water partition coefficient (Wildman–Crippen LogP) is 2.01. The second-order valence-electron chi connectivity index (χ2n) is 4.02. The summed E-state index contributed by atoms with van der Waals surface area (Å²) in [6.45, 7) is 1.50.